The second kappa shape index (κ2) is 7.99. The number of rotatable bonds is 4. The summed E-state index contributed by atoms with van der Waals surface area (Å²) in [4.78, 5) is 17.5. The molecule has 1 fully saturated rings. The maximum absolute atomic E-state index is 13.3. The molecule has 146 valence electrons. The number of amides is 1. The molecule has 0 unspecified atom stereocenters. The maximum Gasteiger partial charge on any atom is 0.272 e. The Hall–Kier alpha value is -2.28. The summed E-state index contributed by atoms with van der Waals surface area (Å²) in [6.45, 7) is 6.24. The van der Waals surface area contributed by atoms with Crippen LogP contribution in [0.25, 0.3) is 17.1 Å². The van der Waals surface area contributed by atoms with E-state index >= 15 is 0 Å². The van der Waals surface area contributed by atoms with Crippen LogP contribution in [0.15, 0.2) is 47.1 Å². The fraction of sp³-hybridized carbons (Fsp3) is 0.300. The molecule has 0 saturated carbocycles. The van der Waals surface area contributed by atoms with Gasteiger partial charge in [-0.25, -0.2) is 4.68 Å². The van der Waals surface area contributed by atoms with Crippen molar-refractivity contribution in [2.45, 2.75) is 6.92 Å². The Morgan fingerprint density at radius 2 is 1.89 bits per heavy atom. The van der Waals surface area contributed by atoms with Crippen LogP contribution in [0.4, 0.5) is 0 Å². The highest BCUT2D eigenvalue weighted by atomic mass is 35.5. The molecule has 1 aliphatic rings. The molecule has 1 aliphatic heterocycles. The van der Waals surface area contributed by atoms with E-state index in [0.29, 0.717) is 46.0 Å². The molecule has 1 saturated heterocycles. The van der Waals surface area contributed by atoms with Gasteiger partial charge in [-0.3, -0.25) is 4.79 Å². The van der Waals surface area contributed by atoms with Crippen molar-refractivity contribution in [2.24, 2.45) is 0 Å². The Labute approximate surface area is 173 Å². The third kappa shape index (κ3) is 3.68. The molecule has 0 N–H and O–H groups in total. The van der Waals surface area contributed by atoms with E-state index in [0.717, 1.165) is 19.6 Å². The van der Waals surface area contributed by atoms with E-state index in [4.69, 9.17) is 27.6 Å². The number of carbonyl (C=O) groups excluding carboxylic acids is 1. The number of furan rings is 1. The Morgan fingerprint density at radius 3 is 2.54 bits per heavy atom. The van der Waals surface area contributed by atoms with Gasteiger partial charge in [-0.15, -0.1) is 0 Å². The normalized spacial score (nSPS) is 15.2. The van der Waals surface area contributed by atoms with Gasteiger partial charge >= 0.3 is 0 Å². The highest BCUT2D eigenvalue weighted by Gasteiger charge is 2.26. The zero-order chi connectivity index (χ0) is 19.7. The first-order valence-corrected chi connectivity index (χ1v) is 9.93. The van der Waals surface area contributed by atoms with Gasteiger partial charge in [0.1, 0.15) is 11.4 Å². The zero-order valence-corrected chi connectivity index (χ0v) is 17.0. The first-order chi connectivity index (χ1) is 13.6. The minimum Gasteiger partial charge on any atom is -0.463 e. The number of piperazine rings is 1. The van der Waals surface area contributed by atoms with Crippen LogP contribution in [-0.2, 0) is 0 Å². The van der Waals surface area contributed by atoms with Gasteiger partial charge in [-0.05, 0) is 36.9 Å². The van der Waals surface area contributed by atoms with Gasteiger partial charge in [0.2, 0.25) is 0 Å². The van der Waals surface area contributed by atoms with E-state index in [1.54, 1.807) is 41.3 Å². The number of likely N-dealkylation sites (N-methyl/N-ethyl adjacent to an activating group) is 1. The number of hydrogen-bond acceptors (Lipinski definition) is 4. The molecule has 3 aromatic rings. The number of carbonyl (C=O) groups is 1. The largest absolute Gasteiger partial charge is 0.463 e. The summed E-state index contributed by atoms with van der Waals surface area (Å²) < 4.78 is 7.07. The fourth-order valence-corrected chi connectivity index (χ4v) is 3.61. The molecule has 6 nitrogen and oxygen atoms in total. The molecular weight excluding hydrogens is 399 g/mol. The van der Waals surface area contributed by atoms with Crippen LogP contribution in [-0.4, -0.2) is 58.2 Å². The second-order valence-corrected chi connectivity index (χ2v) is 7.44. The van der Waals surface area contributed by atoms with Crippen LogP contribution in [0.1, 0.15) is 17.4 Å². The lowest BCUT2D eigenvalue weighted by Gasteiger charge is -2.34. The van der Waals surface area contributed by atoms with Gasteiger partial charge in [-0.1, -0.05) is 30.1 Å². The smallest absolute Gasteiger partial charge is 0.272 e. The minimum absolute atomic E-state index is 0.0628. The van der Waals surface area contributed by atoms with Crippen LogP contribution < -0.4 is 0 Å². The quantitative estimate of drug-likeness (QED) is 0.636. The summed E-state index contributed by atoms with van der Waals surface area (Å²) in [6.07, 6.45) is 1.58. The standard InChI is InChI=1S/C20H20Cl2N4O2/c1-2-24-7-9-25(10-8-24)20(27)18-13-17(19-4-3-11-28-19)23-26(18)14-5-6-15(21)16(22)12-14/h3-6,11-13H,2,7-10H2,1H3. The summed E-state index contributed by atoms with van der Waals surface area (Å²) in [5.74, 6) is 0.538. The molecule has 2 aromatic heterocycles. The van der Waals surface area contributed by atoms with E-state index in [1.807, 2.05) is 11.0 Å². The lowest BCUT2D eigenvalue weighted by atomic mass is 10.2. The summed E-state index contributed by atoms with van der Waals surface area (Å²) in [5, 5.41) is 5.46. The third-order valence-corrected chi connectivity index (χ3v) is 5.70. The van der Waals surface area contributed by atoms with Crippen molar-refractivity contribution >= 4 is 29.1 Å². The molecule has 1 aromatic carbocycles. The first kappa shape index (κ1) is 19.1. The van der Waals surface area contributed by atoms with Crippen LogP contribution in [0.2, 0.25) is 10.0 Å². The summed E-state index contributed by atoms with van der Waals surface area (Å²) in [6, 6.07) is 10.6. The molecule has 8 heteroatoms. The van der Waals surface area contributed by atoms with Crippen molar-refractivity contribution < 1.29 is 9.21 Å². The van der Waals surface area contributed by atoms with Crippen molar-refractivity contribution in [1.29, 1.82) is 0 Å². The summed E-state index contributed by atoms with van der Waals surface area (Å²) >= 11 is 12.2. The molecule has 0 aliphatic carbocycles. The highest BCUT2D eigenvalue weighted by Crippen LogP contribution is 2.28. The summed E-state index contributed by atoms with van der Waals surface area (Å²) in [5.41, 5.74) is 1.73. The molecule has 3 heterocycles. The van der Waals surface area contributed by atoms with Crippen molar-refractivity contribution in [3.63, 3.8) is 0 Å². The second-order valence-electron chi connectivity index (χ2n) is 6.63. The predicted molar refractivity (Wildman–Crippen MR) is 109 cm³/mol. The van der Waals surface area contributed by atoms with Crippen molar-refractivity contribution in [3.8, 4) is 17.1 Å². The Balaban J connectivity index is 1.72. The van der Waals surface area contributed by atoms with Gasteiger partial charge in [0.15, 0.2) is 5.76 Å². The molecule has 0 radical (unpaired) electrons. The van der Waals surface area contributed by atoms with Gasteiger partial charge < -0.3 is 14.2 Å². The molecule has 0 bridgehead atoms. The van der Waals surface area contributed by atoms with Gasteiger partial charge in [0, 0.05) is 32.2 Å². The van der Waals surface area contributed by atoms with Crippen LogP contribution in [0.3, 0.4) is 0 Å². The average Bonchev–Trinajstić information content (AvgIpc) is 3.39. The molecule has 4 rings (SSSR count). The van der Waals surface area contributed by atoms with Crippen LogP contribution in [0.5, 0.6) is 0 Å². The Bertz CT molecular complexity index is 976. The van der Waals surface area contributed by atoms with E-state index < -0.39 is 0 Å². The lowest BCUT2D eigenvalue weighted by molar-refractivity contribution is 0.0634. The fourth-order valence-electron chi connectivity index (χ4n) is 3.32. The maximum atomic E-state index is 13.3. The number of benzene rings is 1. The third-order valence-electron chi connectivity index (χ3n) is 4.96. The SMILES string of the molecule is CCN1CCN(C(=O)c2cc(-c3ccco3)nn2-c2ccc(Cl)c(Cl)c2)CC1. The van der Waals surface area contributed by atoms with Gasteiger partial charge in [0.25, 0.3) is 5.91 Å². The van der Waals surface area contributed by atoms with Crippen molar-refractivity contribution in [1.82, 2.24) is 19.6 Å². The van der Waals surface area contributed by atoms with Gasteiger partial charge in [-0.2, -0.15) is 5.10 Å². The predicted octanol–water partition coefficient (Wildman–Crippen LogP) is 4.22. The number of nitrogens with zero attached hydrogens (tertiary/aromatic N) is 4. The molecular formula is C20H20Cl2N4O2. The van der Waals surface area contributed by atoms with Crippen molar-refractivity contribution in [2.75, 3.05) is 32.7 Å². The Morgan fingerprint density at radius 1 is 1.11 bits per heavy atom. The van der Waals surface area contributed by atoms with E-state index in [-0.39, 0.29) is 5.91 Å². The molecule has 0 spiro atoms. The lowest BCUT2D eigenvalue weighted by Crippen LogP contribution is -2.48. The van der Waals surface area contributed by atoms with E-state index in [1.165, 1.54) is 0 Å². The molecule has 0 atom stereocenters. The topological polar surface area (TPSA) is 54.5 Å². The zero-order valence-electron chi connectivity index (χ0n) is 15.4. The van der Waals surface area contributed by atoms with Crippen molar-refractivity contribution in [3.05, 3.63) is 58.4 Å². The molecule has 1 amide bonds. The highest BCUT2D eigenvalue weighted by molar-refractivity contribution is 6.42. The van der Waals surface area contributed by atoms with Gasteiger partial charge in [0.05, 0.1) is 22.0 Å². The average molecular weight is 419 g/mol. The first-order valence-electron chi connectivity index (χ1n) is 9.18. The monoisotopic (exact) mass is 418 g/mol. The number of hydrogen-bond donors (Lipinski definition) is 0. The minimum atomic E-state index is -0.0628. The number of aromatic nitrogens is 2. The summed E-state index contributed by atoms with van der Waals surface area (Å²) in [7, 11) is 0. The van der Waals surface area contributed by atoms with Crippen LogP contribution >= 0.6 is 23.2 Å². The van der Waals surface area contributed by atoms with E-state index in [2.05, 4.69) is 16.9 Å². The molecule has 28 heavy (non-hydrogen) atoms. The Kier molecular flexibility index (Phi) is 5.44. The number of halogens is 2. The van der Waals surface area contributed by atoms with E-state index in [9.17, 15) is 4.79 Å². The van der Waals surface area contributed by atoms with Crippen LogP contribution in [0, 0.1) is 0 Å².